The first-order valence-corrected chi connectivity index (χ1v) is 6.92. The van der Waals surface area contributed by atoms with Crippen LogP contribution in [0.1, 0.15) is 54.4 Å². The van der Waals surface area contributed by atoms with Crippen LogP contribution in [0.2, 0.25) is 0 Å². The molecule has 2 nitrogen and oxygen atoms in total. The van der Waals surface area contributed by atoms with Crippen LogP contribution >= 0.6 is 0 Å². The van der Waals surface area contributed by atoms with E-state index in [2.05, 4.69) is 39.5 Å². The summed E-state index contributed by atoms with van der Waals surface area (Å²) in [6.45, 7) is 12.7. The lowest BCUT2D eigenvalue weighted by atomic mass is 9.79. The largest absolute Gasteiger partial charge is 0.395 e. The predicted molar refractivity (Wildman–Crippen MR) is 77.1 cm³/mol. The molecule has 2 N–H and O–H groups in total. The zero-order valence-electron chi connectivity index (χ0n) is 12.9. The zero-order chi connectivity index (χ0) is 14.4. The summed E-state index contributed by atoms with van der Waals surface area (Å²) in [6.07, 6.45) is 1.75. The number of aliphatic hydroxyl groups excluding tert-OH is 2. The summed E-state index contributed by atoms with van der Waals surface area (Å²) in [7, 11) is 0. The molecular weight excluding hydrogens is 224 g/mol. The van der Waals surface area contributed by atoms with Gasteiger partial charge in [-0.05, 0) is 38.5 Å². The van der Waals surface area contributed by atoms with E-state index in [1.807, 2.05) is 13.8 Å². The lowest BCUT2D eigenvalue weighted by Crippen LogP contribution is -2.25. The summed E-state index contributed by atoms with van der Waals surface area (Å²) in [5.41, 5.74) is -0.719. The lowest BCUT2D eigenvalue weighted by Gasteiger charge is -2.26. The molecule has 106 valence electrons. The molecule has 0 heterocycles. The maximum absolute atomic E-state index is 9.52. The van der Waals surface area contributed by atoms with E-state index in [0.717, 1.165) is 12.8 Å². The SMILES string of the molecule is CC(C)CC(C)(C#CC(C)(CO)CC(C)C)CO. The highest BCUT2D eigenvalue weighted by molar-refractivity contribution is 5.17. The summed E-state index contributed by atoms with van der Waals surface area (Å²) in [5.74, 6) is 7.43. The Morgan fingerprint density at radius 3 is 1.22 bits per heavy atom. The van der Waals surface area contributed by atoms with Crippen molar-refractivity contribution < 1.29 is 10.2 Å². The second kappa shape index (κ2) is 7.16. The first kappa shape index (κ1) is 17.5. The van der Waals surface area contributed by atoms with Crippen LogP contribution in [0.4, 0.5) is 0 Å². The summed E-state index contributed by atoms with van der Waals surface area (Å²) < 4.78 is 0. The molecular formula is C16H30O2. The smallest absolute Gasteiger partial charge is 0.0594 e. The Morgan fingerprint density at radius 1 is 0.778 bits per heavy atom. The highest BCUT2D eigenvalue weighted by Crippen LogP contribution is 2.28. The minimum atomic E-state index is -0.360. The van der Waals surface area contributed by atoms with Crippen molar-refractivity contribution in [3.63, 3.8) is 0 Å². The van der Waals surface area contributed by atoms with Gasteiger partial charge in [0.15, 0.2) is 0 Å². The molecule has 0 aliphatic carbocycles. The quantitative estimate of drug-likeness (QED) is 0.715. The van der Waals surface area contributed by atoms with E-state index >= 15 is 0 Å². The Kier molecular flexibility index (Phi) is 6.96. The predicted octanol–water partition coefficient (Wildman–Crippen LogP) is 3.08. The molecule has 2 unspecified atom stereocenters. The molecule has 0 rings (SSSR count). The summed E-state index contributed by atoms with van der Waals surface area (Å²) in [5, 5.41) is 19.0. The Labute approximate surface area is 113 Å². The molecule has 0 bridgehead atoms. The fourth-order valence-corrected chi connectivity index (χ4v) is 2.41. The molecule has 0 aromatic heterocycles. The van der Waals surface area contributed by atoms with Crippen molar-refractivity contribution in [2.24, 2.45) is 22.7 Å². The molecule has 0 fully saturated rings. The van der Waals surface area contributed by atoms with Crippen LogP contribution in [-0.4, -0.2) is 23.4 Å². The van der Waals surface area contributed by atoms with Crippen LogP contribution in [-0.2, 0) is 0 Å². The fraction of sp³-hybridized carbons (Fsp3) is 0.875. The van der Waals surface area contributed by atoms with E-state index in [1.54, 1.807) is 0 Å². The third-order valence-corrected chi connectivity index (χ3v) is 3.08. The van der Waals surface area contributed by atoms with Crippen LogP contribution in [0.15, 0.2) is 0 Å². The van der Waals surface area contributed by atoms with Gasteiger partial charge in [0.1, 0.15) is 0 Å². The average Bonchev–Trinajstić information content (AvgIpc) is 2.25. The van der Waals surface area contributed by atoms with Crippen LogP contribution in [0.3, 0.4) is 0 Å². The van der Waals surface area contributed by atoms with Crippen LogP contribution in [0.25, 0.3) is 0 Å². The van der Waals surface area contributed by atoms with Gasteiger partial charge >= 0.3 is 0 Å². The van der Waals surface area contributed by atoms with Crippen molar-refractivity contribution in [1.82, 2.24) is 0 Å². The average molecular weight is 254 g/mol. The minimum Gasteiger partial charge on any atom is -0.395 e. The fourth-order valence-electron chi connectivity index (χ4n) is 2.41. The van der Waals surface area contributed by atoms with Gasteiger partial charge in [-0.3, -0.25) is 0 Å². The Balaban J connectivity index is 4.96. The van der Waals surface area contributed by atoms with E-state index in [4.69, 9.17) is 0 Å². The monoisotopic (exact) mass is 254 g/mol. The molecule has 0 aliphatic heterocycles. The molecule has 0 aliphatic rings. The van der Waals surface area contributed by atoms with Crippen molar-refractivity contribution in [2.45, 2.75) is 54.4 Å². The second-order valence-electron chi connectivity index (χ2n) is 6.88. The van der Waals surface area contributed by atoms with Crippen molar-refractivity contribution in [2.75, 3.05) is 13.2 Å². The molecule has 0 aromatic carbocycles. The Morgan fingerprint density at radius 2 is 1.06 bits per heavy atom. The van der Waals surface area contributed by atoms with Gasteiger partial charge in [-0.1, -0.05) is 39.5 Å². The zero-order valence-corrected chi connectivity index (χ0v) is 12.9. The van der Waals surface area contributed by atoms with Crippen LogP contribution in [0, 0.1) is 34.5 Å². The molecule has 18 heavy (non-hydrogen) atoms. The van der Waals surface area contributed by atoms with Crippen molar-refractivity contribution in [1.29, 1.82) is 0 Å². The highest BCUT2D eigenvalue weighted by atomic mass is 16.3. The number of hydrogen-bond donors (Lipinski definition) is 2. The Hall–Kier alpha value is -0.520. The second-order valence-corrected chi connectivity index (χ2v) is 6.88. The number of aliphatic hydroxyl groups is 2. The Bertz CT molecular complexity index is 270. The van der Waals surface area contributed by atoms with Crippen molar-refractivity contribution >= 4 is 0 Å². The molecule has 0 amide bonds. The van der Waals surface area contributed by atoms with Crippen LogP contribution < -0.4 is 0 Å². The van der Waals surface area contributed by atoms with Gasteiger partial charge in [-0.2, -0.15) is 0 Å². The summed E-state index contributed by atoms with van der Waals surface area (Å²) in [6, 6.07) is 0. The number of rotatable bonds is 6. The van der Waals surface area contributed by atoms with Crippen molar-refractivity contribution in [3.8, 4) is 11.8 Å². The van der Waals surface area contributed by atoms with Gasteiger partial charge in [0.25, 0.3) is 0 Å². The van der Waals surface area contributed by atoms with Gasteiger partial charge in [0, 0.05) is 0 Å². The van der Waals surface area contributed by atoms with Gasteiger partial charge in [0.2, 0.25) is 0 Å². The molecule has 2 heteroatoms. The van der Waals surface area contributed by atoms with Gasteiger partial charge in [-0.25, -0.2) is 0 Å². The standard InChI is InChI=1S/C16H30O2/c1-13(2)9-15(5,11-17)7-8-16(6,12-18)10-14(3)4/h13-14,17-18H,9-12H2,1-6H3. The topological polar surface area (TPSA) is 40.5 Å². The molecule has 0 saturated carbocycles. The molecule has 0 spiro atoms. The molecule has 0 aromatic rings. The normalized spacial score (nSPS) is 18.1. The molecule has 0 radical (unpaired) electrons. The summed E-state index contributed by atoms with van der Waals surface area (Å²) in [4.78, 5) is 0. The lowest BCUT2D eigenvalue weighted by molar-refractivity contribution is 0.160. The molecule has 2 atom stereocenters. The van der Waals surface area contributed by atoms with E-state index in [0.29, 0.717) is 11.8 Å². The first-order valence-electron chi connectivity index (χ1n) is 6.92. The minimum absolute atomic E-state index is 0.0708. The highest BCUT2D eigenvalue weighted by Gasteiger charge is 2.26. The van der Waals surface area contributed by atoms with E-state index in [9.17, 15) is 10.2 Å². The third-order valence-electron chi connectivity index (χ3n) is 3.08. The first-order chi connectivity index (χ1) is 8.16. The van der Waals surface area contributed by atoms with Crippen LogP contribution in [0.5, 0.6) is 0 Å². The van der Waals surface area contributed by atoms with E-state index in [-0.39, 0.29) is 24.0 Å². The maximum Gasteiger partial charge on any atom is 0.0594 e. The maximum atomic E-state index is 9.52. The van der Waals surface area contributed by atoms with Gasteiger partial charge in [0.05, 0.1) is 24.0 Å². The number of hydrogen-bond acceptors (Lipinski definition) is 2. The van der Waals surface area contributed by atoms with E-state index in [1.165, 1.54) is 0 Å². The van der Waals surface area contributed by atoms with Crippen molar-refractivity contribution in [3.05, 3.63) is 0 Å². The van der Waals surface area contributed by atoms with Gasteiger partial charge < -0.3 is 10.2 Å². The van der Waals surface area contributed by atoms with E-state index < -0.39 is 0 Å². The third kappa shape index (κ3) is 6.42. The molecule has 0 saturated heterocycles. The van der Waals surface area contributed by atoms with Gasteiger partial charge in [-0.15, -0.1) is 0 Å². The summed E-state index contributed by atoms with van der Waals surface area (Å²) >= 11 is 0.